The van der Waals surface area contributed by atoms with E-state index in [0.717, 1.165) is 11.3 Å². The molecule has 0 aromatic carbocycles. The quantitative estimate of drug-likeness (QED) is 0.931. The Kier molecular flexibility index (Phi) is 3.45. The molecule has 1 N–H and O–H groups in total. The number of carboxylic acid groups (broad SMARTS) is 1. The Labute approximate surface area is 114 Å². The monoisotopic (exact) mass is 280 g/mol. The van der Waals surface area contributed by atoms with Gasteiger partial charge in [0.2, 0.25) is 0 Å². The Balaban J connectivity index is 2.48. The van der Waals surface area contributed by atoms with E-state index in [-0.39, 0.29) is 12.1 Å². The zero-order chi connectivity index (χ0) is 14.2. The second kappa shape index (κ2) is 4.77. The van der Waals surface area contributed by atoms with E-state index in [2.05, 4.69) is 4.98 Å². The zero-order valence-electron chi connectivity index (χ0n) is 11.1. The van der Waals surface area contributed by atoms with Crippen LogP contribution < -0.4 is 5.56 Å². The van der Waals surface area contributed by atoms with Crippen molar-refractivity contribution >= 4 is 27.5 Å². The van der Waals surface area contributed by atoms with Gasteiger partial charge in [-0.25, -0.2) is 4.98 Å². The van der Waals surface area contributed by atoms with Crippen LogP contribution in [0.15, 0.2) is 17.2 Å². The highest BCUT2D eigenvalue weighted by atomic mass is 32.1. The van der Waals surface area contributed by atoms with E-state index >= 15 is 0 Å². The molecule has 0 atom stereocenters. The number of aliphatic carboxylic acids is 1. The lowest BCUT2D eigenvalue weighted by Crippen LogP contribution is -2.34. The summed E-state index contributed by atoms with van der Waals surface area (Å²) in [5.41, 5.74) is -1.17. The number of nitrogens with zero attached hydrogens (tertiary/aromatic N) is 2. The SMILES string of the molecule is CCc1cc2c(=O)n(CC(C)(C)C(=O)O)cnc2s1. The van der Waals surface area contributed by atoms with Crippen LogP contribution in [-0.4, -0.2) is 20.6 Å². The fourth-order valence-electron chi connectivity index (χ4n) is 1.79. The average Bonchev–Trinajstić information content (AvgIpc) is 2.76. The first-order chi connectivity index (χ1) is 8.85. The lowest BCUT2D eigenvalue weighted by atomic mass is 9.94. The molecule has 0 aliphatic carbocycles. The van der Waals surface area contributed by atoms with Gasteiger partial charge in [0.15, 0.2) is 0 Å². The van der Waals surface area contributed by atoms with Crippen LogP contribution in [0.5, 0.6) is 0 Å². The summed E-state index contributed by atoms with van der Waals surface area (Å²) in [4.78, 5) is 29.5. The molecule has 0 unspecified atom stereocenters. The Hall–Kier alpha value is -1.69. The first-order valence-corrected chi connectivity index (χ1v) is 6.88. The minimum absolute atomic E-state index is 0.113. The molecular formula is C13H16N2O3S. The minimum atomic E-state index is -0.997. The number of carboxylic acids is 1. The van der Waals surface area contributed by atoms with Crippen LogP contribution in [0.1, 0.15) is 25.6 Å². The first-order valence-electron chi connectivity index (χ1n) is 6.06. The molecule has 0 bridgehead atoms. The van der Waals surface area contributed by atoms with E-state index in [1.165, 1.54) is 22.2 Å². The highest BCUT2D eigenvalue weighted by molar-refractivity contribution is 7.18. The van der Waals surface area contributed by atoms with Crippen LogP contribution in [-0.2, 0) is 17.8 Å². The van der Waals surface area contributed by atoms with E-state index in [4.69, 9.17) is 5.11 Å². The molecule has 2 heterocycles. The lowest BCUT2D eigenvalue weighted by molar-refractivity contribution is -0.147. The summed E-state index contributed by atoms with van der Waals surface area (Å²) in [6.45, 7) is 5.33. The summed E-state index contributed by atoms with van der Waals surface area (Å²) in [5.74, 6) is -0.931. The Morgan fingerprint density at radius 3 is 2.79 bits per heavy atom. The summed E-state index contributed by atoms with van der Waals surface area (Å²) >= 11 is 1.50. The number of carbonyl (C=O) groups is 1. The molecule has 0 radical (unpaired) electrons. The van der Waals surface area contributed by atoms with Gasteiger partial charge < -0.3 is 5.11 Å². The standard InChI is InChI=1S/C13H16N2O3S/c1-4-8-5-9-10(19-8)14-7-15(11(9)16)6-13(2,3)12(17)18/h5,7H,4,6H2,1-3H3,(H,17,18). The van der Waals surface area contributed by atoms with Crippen LogP contribution in [0.4, 0.5) is 0 Å². The van der Waals surface area contributed by atoms with Crippen molar-refractivity contribution in [3.05, 3.63) is 27.6 Å². The molecule has 0 aliphatic rings. The van der Waals surface area contributed by atoms with Gasteiger partial charge in [-0.3, -0.25) is 14.2 Å². The van der Waals surface area contributed by atoms with Crippen molar-refractivity contribution in [2.75, 3.05) is 0 Å². The summed E-state index contributed by atoms with van der Waals surface area (Å²) in [6, 6.07) is 1.85. The maximum atomic E-state index is 12.3. The van der Waals surface area contributed by atoms with E-state index in [1.807, 2.05) is 13.0 Å². The number of aryl methyl sites for hydroxylation is 1. The van der Waals surface area contributed by atoms with Crippen LogP contribution in [0.25, 0.3) is 10.2 Å². The fraction of sp³-hybridized carbons (Fsp3) is 0.462. The van der Waals surface area contributed by atoms with Gasteiger partial charge >= 0.3 is 5.97 Å². The highest BCUT2D eigenvalue weighted by Crippen LogP contribution is 2.22. The van der Waals surface area contributed by atoms with Crippen molar-refractivity contribution in [1.82, 2.24) is 9.55 Å². The summed E-state index contributed by atoms with van der Waals surface area (Å²) in [6.07, 6.45) is 2.30. The van der Waals surface area contributed by atoms with Crippen molar-refractivity contribution in [3.63, 3.8) is 0 Å². The summed E-state index contributed by atoms with van der Waals surface area (Å²) in [7, 11) is 0. The normalized spacial score (nSPS) is 11.9. The van der Waals surface area contributed by atoms with Gasteiger partial charge in [-0.15, -0.1) is 11.3 Å². The molecule has 0 amide bonds. The van der Waals surface area contributed by atoms with Crippen molar-refractivity contribution in [2.24, 2.45) is 5.41 Å². The third kappa shape index (κ3) is 2.53. The molecule has 2 aromatic heterocycles. The van der Waals surface area contributed by atoms with Crippen LogP contribution in [0.2, 0.25) is 0 Å². The van der Waals surface area contributed by atoms with E-state index in [9.17, 15) is 9.59 Å². The van der Waals surface area contributed by atoms with E-state index < -0.39 is 11.4 Å². The molecule has 5 nitrogen and oxygen atoms in total. The summed E-state index contributed by atoms with van der Waals surface area (Å²) in [5, 5.41) is 9.69. The molecular weight excluding hydrogens is 264 g/mol. The number of aromatic nitrogens is 2. The van der Waals surface area contributed by atoms with Gasteiger partial charge in [-0.05, 0) is 26.3 Å². The molecule has 0 spiro atoms. The predicted octanol–water partition coefficient (Wildman–Crippen LogP) is 2.13. The number of hydrogen-bond donors (Lipinski definition) is 1. The molecule has 102 valence electrons. The van der Waals surface area contributed by atoms with Crippen molar-refractivity contribution in [1.29, 1.82) is 0 Å². The van der Waals surface area contributed by atoms with Gasteiger partial charge in [-0.1, -0.05) is 6.92 Å². The third-order valence-corrected chi connectivity index (χ3v) is 4.25. The van der Waals surface area contributed by atoms with Crippen molar-refractivity contribution < 1.29 is 9.90 Å². The largest absolute Gasteiger partial charge is 0.481 e. The van der Waals surface area contributed by atoms with E-state index in [1.54, 1.807) is 13.8 Å². The lowest BCUT2D eigenvalue weighted by Gasteiger charge is -2.19. The molecule has 6 heteroatoms. The van der Waals surface area contributed by atoms with Gasteiger partial charge in [0.25, 0.3) is 5.56 Å². The molecule has 2 rings (SSSR count). The molecule has 0 fully saturated rings. The topological polar surface area (TPSA) is 72.2 Å². The van der Waals surface area contributed by atoms with Crippen molar-refractivity contribution in [3.8, 4) is 0 Å². The molecule has 2 aromatic rings. The average molecular weight is 280 g/mol. The smallest absolute Gasteiger partial charge is 0.310 e. The zero-order valence-corrected chi connectivity index (χ0v) is 12.0. The van der Waals surface area contributed by atoms with Gasteiger partial charge in [-0.2, -0.15) is 0 Å². The Bertz CT molecular complexity index is 685. The van der Waals surface area contributed by atoms with E-state index in [0.29, 0.717) is 10.2 Å². The molecule has 0 saturated heterocycles. The van der Waals surface area contributed by atoms with Crippen LogP contribution >= 0.6 is 11.3 Å². The minimum Gasteiger partial charge on any atom is -0.481 e. The molecule has 0 saturated carbocycles. The second-order valence-corrected chi connectivity index (χ2v) is 6.27. The number of fused-ring (bicyclic) bond motifs is 1. The van der Waals surface area contributed by atoms with Gasteiger partial charge in [0.05, 0.1) is 17.1 Å². The number of thiophene rings is 1. The van der Waals surface area contributed by atoms with Crippen molar-refractivity contribution in [2.45, 2.75) is 33.7 Å². The fourth-order valence-corrected chi connectivity index (χ4v) is 2.72. The molecule has 0 aliphatic heterocycles. The first kappa shape index (κ1) is 13.7. The number of hydrogen-bond acceptors (Lipinski definition) is 4. The Morgan fingerprint density at radius 2 is 2.21 bits per heavy atom. The summed E-state index contributed by atoms with van der Waals surface area (Å²) < 4.78 is 1.38. The second-order valence-electron chi connectivity index (χ2n) is 5.15. The Morgan fingerprint density at radius 1 is 1.53 bits per heavy atom. The predicted molar refractivity (Wildman–Crippen MR) is 74.7 cm³/mol. The van der Waals surface area contributed by atoms with Gasteiger partial charge in [0.1, 0.15) is 4.83 Å². The van der Waals surface area contributed by atoms with Gasteiger partial charge in [0, 0.05) is 11.4 Å². The maximum Gasteiger partial charge on any atom is 0.310 e. The highest BCUT2D eigenvalue weighted by Gasteiger charge is 2.28. The van der Waals surface area contributed by atoms with Crippen LogP contribution in [0, 0.1) is 5.41 Å². The molecule has 19 heavy (non-hydrogen) atoms. The number of rotatable bonds is 4. The maximum absolute atomic E-state index is 12.3. The van der Waals surface area contributed by atoms with Crippen LogP contribution in [0.3, 0.4) is 0 Å². The third-order valence-electron chi connectivity index (χ3n) is 3.06.